The van der Waals surface area contributed by atoms with Crippen LogP contribution in [0.4, 0.5) is 0 Å². The average molecular weight is 314 g/mol. The fourth-order valence-electron chi connectivity index (χ4n) is 2.53. The molecule has 1 N–H and O–H groups in total. The van der Waals surface area contributed by atoms with Crippen LogP contribution in [0, 0.1) is 0 Å². The quantitative estimate of drug-likeness (QED) is 0.890. The highest BCUT2D eigenvalue weighted by atomic mass is 16.5. The number of amides is 1. The predicted octanol–water partition coefficient (Wildman–Crippen LogP) is 3.19. The van der Waals surface area contributed by atoms with Crippen molar-refractivity contribution < 1.29 is 9.53 Å². The summed E-state index contributed by atoms with van der Waals surface area (Å²) < 4.78 is 5.25. The van der Waals surface area contributed by atoms with Gasteiger partial charge >= 0.3 is 0 Å². The topological polar surface area (TPSA) is 41.6 Å². The van der Waals surface area contributed by atoms with Crippen LogP contribution in [0.1, 0.15) is 26.3 Å². The van der Waals surface area contributed by atoms with Crippen LogP contribution in [0.25, 0.3) is 10.8 Å². The molecule has 0 aliphatic carbocycles. The monoisotopic (exact) mass is 314 g/mol. The molecule has 4 heteroatoms. The Hall–Kier alpha value is -2.07. The van der Waals surface area contributed by atoms with Crippen molar-refractivity contribution in [3.8, 4) is 5.75 Å². The smallest absolute Gasteiger partial charge is 0.237 e. The van der Waals surface area contributed by atoms with E-state index in [4.69, 9.17) is 4.74 Å². The molecule has 0 bridgehead atoms. The lowest BCUT2D eigenvalue weighted by atomic mass is 10.1. The van der Waals surface area contributed by atoms with Gasteiger partial charge in [0.1, 0.15) is 5.75 Å². The standard InChI is InChI=1S/C19H26N2O2/c1-13(2)20-19(22)14(3)21(4)12-15-6-7-17-11-18(23-5)9-8-16(17)10-15/h6-11,13-14H,12H2,1-5H3,(H,20,22)/t14-/m1/s1. The SMILES string of the molecule is COc1ccc2cc(CN(C)[C@H](C)C(=O)NC(C)C)ccc2c1. The van der Waals surface area contributed by atoms with E-state index in [1.54, 1.807) is 7.11 Å². The van der Waals surface area contributed by atoms with E-state index in [1.807, 2.05) is 40.0 Å². The van der Waals surface area contributed by atoms with Gasteiger partial charge in [0.05, 0.1) is 13.2 Å². The van der Waals surface area contributed by atoms with Crippen molar-refractivity contribution in [1.82, 2.24) is 10.2 Å². The third kappa shape index (κ3) is 4.45. The molecule has 0 aliphatic heterocycles. The second-order valence-corrected chi connectivity index (χ2v) is 6.30. The molecule has 2 aromatic carbocycles. The van der Waals surface area contributed by atoms with E-state index in [0.717, 1.165) is 17.7 Å². The summed E-state index contributed by atoms with van der Waals surface area (Å²) in [6.45, 7) is 6.61. The molecule has 4 nitrogen and oxygen atoms in total. The third-order valence-corrected chi connectivity index (χ3v) is 4.02. The van der Waals surface area contributed by atoms with Gasteiger partial charge in [0.25, 0.3) is 0 Å². The summed E-state index contributed by atoms with van der Waals surface area (Å²) in [4.78, 5) is 14.2. The van der Waals surface area contributed by atoms with Crippen molar-refractivity contribution in [2.24, 2.45) is 0 Å². The molecule has 0 unspecified atom stereocenters. The molecule has 0 aromatic heterocycles. The zero-order valence-corrected chi connectivity index (χ0v) is 14.6. The minimum Gasteiger partial charge on any atom is -0.497 e. The van der Waals surface area contributed by atoms with Gasteiger partial charge in [0, 0.05) is 12.6 Å². The number of likely N-dealkylation sites (N-methyl/N-ethyl adjacent to an activating group) is 1. The number of ether oxygens (including phenoxy) is 1. The number of carbonyl (C=O) groups excluding carboxylic acids is 1. The number of rotatable bonds is 6. The largest absolute Gasteiger partial charge is 0.497 e. The number of benzene rings is 2. The zero-order valence-electron chi connectivity index (χ0n) is 14.6. The Kier molecular flexibility index (Phi) is 5.61. The summed E-state index contributed by atoms with van der Waals surface area (Å²) in [6, 6.07) is 12.4. The normalized spacial score (nSPS) is 12.7. The fourth-order valence-corrected chi connectivity index (χ4v) is 2.53. The summed E-state index contributed by atoms with van der Waals surface area (Å²) in [5.41, 5.74) is 1.19. The zero-order chi connectivity index (χ0) is 17.0. The Morgan fingerprint density at radius 1 is 1.13 bits per heavy atom. The molecule has 0 saturated carbocycles. The number of hydrogen-bond donors (Lipinski definition) is 1. The summed E-state index contributed by atoms with van der Waals surface area (Å²) in [5, 5.41) is 5.29. The Bertz CT molecular complexity index is 682. The van der Waals surface area contributed by atoms with Gasteiger partial charge in [-0.3, -0.25) is 9.69 Å². The minimum absolute atomic E-state index is 0.0630. The highest BCUT2D eigenvalue weighted by Gasteiger charge is 2.18. The van der Waals surface area contributed by atoms with E-state index >= 15 is 0 Å². The van der Waals surface area contributed by atoms with Crippen molar-refractivity contribution in [2.45, 2.75) is 39.4 Å². The molecule has 0 saturated heterocycles. The lowest BCUT2D eigenvalue weighted by molar-refractivity contribution is -0.126. The van der Waals surface area contributed by atoms with Gasteiger partial charge in [-0.25, -0.2) is 0 Å². The first kappa shape index (κ1) is 17.3. The predicted molar refractivity (Wildman–Crippen MR) is 94.7 cm³/mol. The molecule has 0 heterocycles. The number of hydrogen-bond acceptors (Lipinski definition) is 3. The van der Waals surface area contributed by atoms with Crippen molar-refractivity contribution in [3.63, 3.8) is 0 Å². The van der Waals surface area contributed by atoms with Crippen LogP contribution < -0.4 is 10.1 Å². The maximum atomic E-state index is 12.1. The molecular weight excluding hydrogens is 288 g/mol. The van der Waals surface area contributed by atoms with Gasteiger partial charge in [-0.15, -0.1) is 0 Å². The fraction of sp³-hybridized carbons (Fsp3) is 0.421. The van der Waals surface area contributed by atoms with Gasteiger partial charge < -0.3 is 10.1 Å². The van der Waals surface area contributed by atoms with Gasteiger partial charge in [0.15, 0.2) is 0 Å². The summed E-state index contributed by atoms with van der Waals surface area (Å²) in [7, 11) is 3.65. The van der Waals surface area contributed by atoms with Crippen molar-refractivity contribution in [1.29, 1.82) is 0 Å². The lowest BCUT2D eigenvalue weighted by Crippen LogP contribution is -2.45. The van der Waals surface area contributed by atoms with Crippen molar-refractivity contribution in [2.75, 3.05) is 14.2 Å². The van der Waals surface area contributed by atoms with Crippen LogP contribution in [-0.4, -0.2) is 37.0 Å². The Morgan fingerprint density at radius 2 is 1.78 bits per heavy atom. The van der Waals surface area contributed by atoms with Crippen LogP contribution in [-0.2, 0) is 11.3 Å². The number of fused-ring (bicyclic) bond motifs is 1. The van der Waals surface area contributed by atoms with E-state index in [9.17, 15) is 4.79 Å². The van der Waals surface area contributed by atoms with Crippen molar-refractivity contribution in [3.05, 3.63) is 42.0 Å². The van der Waals surface area contributed by atoms with Gasteiger partial charge in [-0.1, -0.05) is 18.2 Å². The first-order valence-corrected chi connectivity index (χ1v) is 7.98. The molecule has 2 aromatic rings. The van der Waals surface area contributed by atoms with E-state index < -0.39 is 0 Å². The Morgan fingerprint density at radius 3 is 2.43 bits per heavy atom. The first-order chi connectivity index (χ1) is 10.9. The number of methoxy groups -OCH3 is 1. The Labute approximate surface area is 138 Å². The molecule has 0 fully saturated rings. The molecule has 2 rings (SSSR count). The summed E-state index contributed by atoms with van der Waals surface area (Å²) in [5.74, 6) is 0.925. The molecule has 124 valence electrons. The molecular formula is C19H26N2O2. The average Bonchev–Trinajstić information content (AvgIpc) is 2.52. The number of nitrogens with zero attached hydrogens (tertiary/aromatic N) is 1. The van der Waals surface area contributed by atoms with Crippen LogP contribution >= 0.6 is 0 Å². The van der Waals surface area contributed by atoms with Crippen LogP contribution in [0.5, 0.6) is 5.75 Å². The lowest BCUT2D eigenvalue weighted by Gasteiger charge is -2.25. The Balaban J connectivity index is 2.10. The molecule has 1 amide bonds. The highest BCUT2D eigenvalue weighted by molar-refractivity contribution is 5.84. The van der Waals surface area contributed by atoms with Gasteiger partial charge in [-0.05, 0) is 62.4 Å². The molecule has 0 radical (unpaired) electrons. The maximum Gasteiger partial charge on any atom is 0.237 e. The van der Waals surface area contributed by atoms with Crippen molar-refractivity contribution >= 4 is 16.7 Å². The van der Waals surface area contributed by atoms with E-state index in [1.165, 1.54) is 10.9 Å². The molecule has 0 aliphatic rings. The van der Waals surface area contributed by atoms with E-state index in [-0.39, 0.29) is 18.0 Å². The van der Waals surface area contributed by atoms with E-state index in [0.29, 0.717) is 0 Å². The molecule has 1 atom stereocenters. The van der Waals surface area contributed by atoms with Gasteiger partial charge in [-0.2, -0.15) is 0 Å². The molecule has 23 heavy (non-hydrogen) atoms. The highest BCUT2D eigenvalue weighted by Crippen LogP contribution is 2.22. The first-order valence-electron chi connectivity index (χ1n) is 7.98. The number of nitrogens with one attached hydrogen (secondary N) is 1. The van der Waals surface area contributed by atoms with Crippen LogP contribution in [0.3, 0.4) is 0 Å². The second kappa shape index (κ2) is 7.47. The second-order valence-electron chi connectivity index (χ2n) is 6.30. The maximum absolute atomic E-state index is 12.1. The minimum atomic E-state index is -0.163. The van der Waals surface area contributed by atoms with Crippen LogP contribution in [0.15, 0.2) is 36.4 Å². The van der Waals surface area contributed by atoms with Crippen LogP contribution in [0.2, 0.25) is 0 Å². The molecule has 0 spiro atoms. The number of carbonyl (C=O) groups is 1. The van der Waals surface area contributed by atoms with Gasteiger partial charge in [0.2, 0.25) is 5.91 Å². The summed E-state index contributed by atoms with van der Waals surface area (Å²) >= 11 is 0. The van der Waals surface area contributed by atoms with E-state index in [2.05, 4.69) is 34.5 Å². The third-order valence-electron chi connectivity index (χ3n) is 4.02. The summed E-state index contributed by atoms with van der Waals surface area (Å²) in [6.07, 6.45) is 0.